The van der Waals surface area contributed by atoms with E-state index in [9.17, 15) is 14.0 Å². The minimum Gasteiger partial charge on any atom is -0.465 e. The average Bonchev–Trinajstić information content (AvgIpc) is 3.45. The van der Waals surface area contributed by atoms with Crippen LogP contribution in [0.2, 0.25) is 0 Å². The van der Waals surface area contributed by atoms with Gasteiger partial charge in [-0.05, 0) is 32.9 Å². The third-order valence-electron chi connectivity index (χ3n) is 5.26. The first kappa shape index (κ1) is 22.1. The number of rotatable bonds is 7. The largest absolute Gasteiger partial charge is 0.465 e. The molecule has 4 rings (SSSR count). The molecule has 0 fully saturated rings. The molecule has 0 amide bonds. The number of ether oxygens (including phenoxy) is 1. The predicted molar refractivity (Wildman–Crippen MR) is 117 cm³/mol. The van der Waals surface area contributed by atoms with Gasteiger partial charge < -0.3 is 14.2 Å². The summed E-state index contributed by atoms with van der Waals surface area (Å²) in [5.74, 6) is -0.689. The number of carbonyl (C=O) groups is 1. The number of H-pyrrole nitrogens is 1. The van der Waals surface area contributed by atoms with Crippen LogP contribution in [0.25, 0.3) is 22.9 Å². The van der Waals surface area contributed by atoms with E-state index in [1.807, 2.05) is 0 Å². The van der Waals surface area contributed by atoms with Crippen LogP contribution >= 0.6 is 0 Å². The molecule has 1 aromatic carbocycles. The summed E-state index contributed by atoms with van der Waals surface area (Å²) < 4.78 is 25.8. The zero-order valence-corrected chi connectivity index (χ0v) is 18.3. The quantitative estimate of drug-likeness (QED) is 0.429. The Morgan fingerprint density at radius 2 is 2.03 bits per heavy atom. The Labute approximate surface area is 188 Å². The lowest BCUT2D eigenvalue weighted by Crippen LogP contribution is -2.37. The third-order valence-corrected chi connectivity index (χ3v) is 5.26. The molecule has 0 aliphatic carbocycles. The summed E-state index contributed by atoms with van der Waals surface area (Å²) in [6, 6.07) is 9.71. The van der Waals surface area contributed by atoms with Gasteiger partial charge in [-0.15, -0.1) is 0 Å². The van der Waals surface area contributed by atoms with Gasteiger partial charge in [0.05, 0.1) is 29.8 Å². The van der Waals surface area contributed by atoms with Crippen LogP contribution in [-0.2, 0) is 21.5 Å². The average molecular weight is 451 g/mol. The molecule has 0 bridgehead atoms. The van der Waals surface area contributed by atoms with Gasteiger partial charge in [-0.3, -0.25) is 14.3 Å². The highest BCUT2D eigenvalue weighted by molar-refractivity contribution is 5.82. The number of carbonyl (C=O) groups excluding carboxylic acids is 1. The van der Waals surface area contributed by atoms with Crippen LogP contribution in [0, 0.1) is 5.82 Å². The van der Waals surface area contributed by atoms with Crippen LogP contribution in [0.4, 0.5) is 4.39 Å². The summed E-state index contributed by atoms with van der Waals surface area (Å²) in [5.41, 5.74) is 0.349. The number of esters is 1. The maximum atomic E-state index is 14.2. The van der Waals surface area contributed by atoms with Crippen molar-refractivity contribution in [2.75, 3.05) is 6.61 Å². The molecule has 4 aromatic rings. The van der Waals surface area contributed by atoms with Crippen LogP contribution in [-0.4, -0.2) is 37.5 Å². The minimum atomic E-state index is -1.18. The van der Waals surface area contributed by atoms with Crippen molar-refractivity contribution < 1.29 is 18.4 Å². The Kier molecular flexibility index (Phi) is 5.91. The van der Waals surface area contributed by atoms with Crippen molar-refractivity contribution in [2.24, 2.45) is 0 Å². The molecular weight excluding hydrogens is 429 g/mol. The summed E-state index contributed by atoms with van der Waals surface area (Å²) in [6.45, 7) is 5.23. The molecule has 170 valence electrons. The highest BCUT2D eigenvalue weighted by atomic mass is 19.1. The molecule has 0 unspecified atom stereocenters. The minimum absolute atomic E-state index is 0.132. The summed E-state index contributed by atoms with van der Waals surface area (Å²) in [6.07, 6.45) is 2.76. The molecule has 0 aliphatic heterocycles. The summed E-state index contributed by atoms with van der Waals surface area (Å²) in [4.78, 5) is 32.1. The molecule has 10 heteroatoms. The number of nitrogens with zero attached hydrogens (tertiary/aromatic N) is 4. The van der Waals surface area contributed by atoms with Crippen molar-refractivity contribution >= 4 is 5.97 Å². The highest BCUT2D eigenvalue weighted by Crippen LogP contribution is 2.26. The van der Waals surface area contributed by atoms with Crippen molar-refractivity contribution in [1.82, 2.24) is 24.9 Å². The Morgan fingerprint density at radius 1 is 1.24 bits per heavy atom. The Balaban J connectivity index is 1.74. The van der Waals surface area contributed by atoms with Gasteiger partial charge >= 0.3 is 5.97 Å². The van der Waals surface area contributed by atoms with E-state index >= 15 is 0 Å². The maximum Gasteiger partial charge on any atom is 0.316 e. The number of halogens is 1. The first-order chi connectivity index (χ1) is 15.8. The molecule has 1 N–H and O–H groups in total. The van der Waals surface area contributed by atoms with E-state index in [4.69, 9.17) is 9.26 Å². The molecule has 33 heavy (non-hydrogen) atoms. The zero-order valence-electron chi connectivity index (χ0n) is 18.3. The standard InChI is InChI=1S/C23H22FN5O4/c1-4-32-22(31)23(2,3)15-12-25-20(26-21(15)30)18-11-19(17-9-10-33-28-17)29(27-18)13-14-7-5-6-8-16(14)24/h5-12H,4,13H2,1-3H3,(H,25,26,30). The molecule has 0 saturated heterocycles. The van der Waals surface area contributed by atoms with E-state index in [-0.39, 0.29) is 30.4 Å². The topological polar surface area (TPSA) is 116 Å². The summed E-state index contributed by atoms with van der Waals surface area (Å²) in [7, 11) is 0. The van der Waals surface area contributed by atoms with Gasteiger partial charge in [-0.2, -0.15) is 5.10 Å². The van der Waals surface area contributed by atoms with Crippen molar-refractivity contribution in [2.45, 2.75) is 32.7 Å². The summed E-state index contributed by atoms with van der Waals surface area (Å²) >= 11 is 0. The molecule has 0 radical (unpaired) electrons. The van der Waals surface area contributed by atoms with Crippen molar-refractivity contribution in [3.63, 3.8) is 0 Å². The Bertz CT molecular complexity index is 1340. The van der Waals surface area contributed by atoms with E-state index in [0.717, 1.165) is 0 Å². The number of nitrogens with one attached hydrogen (secondary N) is 1. The molecular formula is C23H22FN5O4. The van der Waals surface area contributed by atoms with Crippen LogP contribution in [0.15, 0.2) is 58.2 Å². The monoisotopic (exact) mass is 451 g/mol. The van der Waals surface area contributed by atoms with Crippen LogP contribution < -0.4 is 5.56 Å². The van der Waals surface area contributed by atoms with Crippen molar-refractivity contribution in [3.05, 3.63) is 76.2 Å². The van der Waals surface area contributed by atoms with Gasteiger partial charge in [0.25, 0.3) is 5.56 Å². The second-order valence-electron chi connectivity index (χ2n) is 7.87. The molecule has 0 saturated carbocycles. The van der Waals surface area contributed by atoms with Gasteiger partial charge in [0.2, 0.25) is 0 Å². The molecule has 3 aromatic heterocycles. The lowest BCUT2D eigenvalue weighted by atomic mass is 9.86. The smallest absolute Gasteiger partial charge is 0.316 e. The van der Waals surface area contributed by atoms with E-state index in [0.29, 0.717) is 22.6 Å². The fraction of sp³-hybridized carbons (Fsp3) is 0.261. The fourth-order valence-electron chi connectivity index (χ4n) is 3.38. The third kappa shape index (κ3) is 4.32. The van der Waals surface area contributed by atoms with Gasteiger partial charge in [-0.1, -0.05) is 23.4 Å². The number of hydrogen-bond acceptors (Lipinski definition) is 7. The zero-order chi connectivity index (χ0) is 23.6. The first-order valence-corrected chi connectivity index (χ1v) is 10.3. The Hall–Kier alpha value is -4.08. The van der Waals surface area contributed by atoms with Crippen molar-refractivity contribution in [1.29, 1.82) is 0 Å². The van der Waals surface area contributed by atoms with E-state index in [2.05, 4.69) is 20.2 Å². The number of aromatic nitrogens is 5. The lowest BCUT2D eigenvalue weighted by molar-refractivity contribution is -0.148. The van der Waals surface area contributed by atoms with Crippen LogP contribution in [0.1, 0.15) is 31.9 Å². The first-order valence-electron chi connectivity index (χ1n) is 10.3. The molecule has 0 aliphatic rings. The predicted octanol–water partition coefficient (Wildman–Crippen LogP) is 3.32. The number of aromatic amines is 1. The highest BCUT2D eigenvalue weighted by Gasteiger charge is 2.34. The molecule has 3 heterocycles. The van der Waals surface area contributed by atoms with Gasteiger partial charge in [0.1, 0.15) is 23.5 Å². The number of benzene rings is 1. The van der Waals surface area contributed by atoms with E-state index < -0.39 is 16.9 Å². The van der Waals surface area contributed by atoms with Crippen LogP contribution in [0.5, 0.6) is 0 Å². The van der Waals surface area contributed by atoms with Gasteiger partial charge in [0.15, 0.2) is 5.82 Å². The normalized spacial score (nSPS) is 11.5. The van der Waals surface area contributed by atoms with Gasteiger partial charge in [-0.25, -0.2) is 9.37 Å². The van der Waals surface area contributed by atoms with E-state index in [1.54, 1.807) is 55.8 Å². The second-order valence-corrected chi connectivity index (χ2v) is 7.87. The number of hydrogen-bond donors (Lipinski definition) is 1. The van der Waals surface area contributed by atoms with Crippen LogP contribution in [0.3, 0.4) is 0 Å². The maximum absolute atomic E-state index is 14.2. The van der Waals surface area contributed by atoms with E-state index in [1.165, 1.54) is 18.5 Å². The molecule has 0 spiro atoms. The fourth-order valence-corrected chi connectivity index (χ4v) is 3.38. The van der Waals surface area contributed by atoms with Crippen molar-refractivity contribution in [3.8, 4) is 22.9 Å². The molecule has 9 nitrogen and oxygen atoms in total. The SMILES string of the molecule is CCOC(=O)C(C)(C)c1cnc(-c2cc(-c3ccon3)n(Cc3ccccc3F)n2)[nH]c1=O. The Morgan fingerprint density at radius 3 is 2.70 bits per heavy atom. The van der Waals surface area contributed by atoms with Gasteiger partial charge in [0, 0.05) is 17.8 Å². The second kappa shape index (κ2) is 8.81. The molecule has 0 atom stereocenters. The summed E-state index contributed by atoms with van der Waals surface area (Å²) in [5, 5.41) is 8.46. The lowest BCUT2D eigenvalue weighted by Gasteiger charge is -2.21.